The summed E-state index contributed by atoms with van der Waals surface area (Å²) >= 11 is 0. The van der Waals surface area contributed by atoms with E-state index in [-0.39, 0.29) is 12.6 Å². The van der Waals surface area contributed by atoms with Crippen molar-refractivity contribution in [1.29, 1.82) is 0 Å². The number of oxazole rings is 1. The topological polar surface area (TPSA) is 61.6 Å². The lowest BCUT2D eigenvalue weighted by Gasteiger charge is -2.03. The van der Waals surface area contributed by atoms with Crippen LogP contribution in [0, 0.1) is 6.92 Å². The van der Waals surface area contributed by atoms with Crippen molar-refractivity contribution in [2.75, 3.05) is 7.11 Å². The molecule has 0 aliphatic heterocycles. The van der Waals surface area contributed by atoms with Crippen molar-refractivity contribution in [2.24, 2.45) is 0 Å². The van der Waals surface area contributed by atoms with Crippen molar-refractivity contribution in [1.82, 2.24) is 4.98 Å². The van der Waals surface area contributed by atoms with Crippen molar-refractivity contribution >= 4 is 12.0 Å². The summed E-state index contributed by atoms with van der Waals surface area (Å²) in [6.45, 7) is 2.13. The lowest BCUT2D eigenvalue weighted by molar-refractivity contribution is -0.134. The molecule has 2 aromatic carbocycles. The van der Waals surface area contributed by atoms with E-state index in [1.807, 2.05) is 61.5 Å². The summed E-state index contributed by atoms with van der Waals surface area (Å²) in [5.41, 5.74) is 2.72. The molecular formula is C21H19NO4. The summed E-state index contributed by atoms with van der Waals surface area (Å²) < 4.78 is 16.0. The van der Waals surface area contributed by atoms with Crippen LogP contribution in [0.5, 0.6) is 5.75 Å². The molecule has 3 aromatic rings. The van der Waals surface area contributed by atoms with E-state index in [2.05, 4.69) is 9.72 Å². The van der Waals surface area contributed by atoms with Crippen molar-refractivity contribution in [2.45, 2.75) is 13.5 Å². The SMILES string of the molecule is COC(=O)/C=C/c1ccc(OCc2nc(-c3ccccc3)c(C)o2)cc1. The molecule has 0 atom stereocenters. The number of carbonyl (C=O) groups is 1. The van der Waals surface area contributed by atoms with Gasteiger partial charge in [-0.1, -0.05) is 42.5 Å². The quantitative estimate of drug-likeness (QED) is 0.487. The monoisotopic (exact) mass is 349 g/mol. The fourth-order valence-electron chi connectivity index (χ4n) is 2.43. The predicted molar refractivity (Wildman–Crippen MR) is 98.5 cm³/mol. The van der Waals surface area contributed by atoms with Crippen LogP contribution in [0.25, 0.3) is 17.3 Å². The number of esters is 1. The van der Waals surface area contributed by atoms with Crippen LogP contribution in [0.1, 0.15) is 17.2 Å². The predicted octanol–water partition coefficient (Wildman–Crippen LogP) is 4.42. The Bertz CT molecular complexity index is 896. The highest BCUT2D eigenvalue weighted by Gasteiger charge is 2.11. The van der Waals surface area contributed by atoms with Gasteiger partial charge in [0.25, 0.3) is 0 Å². The second-order valence-electron chi connectivity index (χ2n) is 5.59. The molecule has 0 bridgehead atoms. The number of carbonyl (C=O) groups excluding carboxylic acids is 1. The van der Waals surface area contributed by atoms with Gasteiger partial charge in [0.1, 0.15) is 17.2 Å². The van der Waals surface area contributed by atoms with E-state index in [9.17, 15) is 4.79 Å². The Kier molecular flexibility index (Phi) is 5.49. The van der Waals surface area contributed by atoms with E-state index in [1.54, 1.807) is 6.08 Å². The largest absolute Gasteiger partial charge is 0.484 e. The zero-order valence-corrected chi connectivity index (χ0v) is 14.6. The molecule has 1 heterocycles. The van der Waals surface area contributed by atoms with E-state index in [4.69, 9.17) is 9.15 Å². The first-order valence-corrected chi connectivity index (χ1v) is 8.16. The molecule has 0 spiro atoms. The maximum Gasteiger partial charge on any atom is 0.330 e. The van der Waals surface area contributed by atoms with Crippen LogP contribution >= 0.6 is 0 Å². The summed E-state index contributed by atoms with van der Waals surface area (Å²) in [7, 11) is 1.34. The number of benzene rings is 2. The van der Waals surface area contributed by atoms with Gasteiger partial charge in [-0.15, -0.1) is 0 Å². The second kappa shape index (κ2) is 8.16. The first-order chi connectivity index (χ1) is 12.7. The van der Waals surface area contributed by atoms with Crippen molar-refractivity contribution in [3.05, 3.63) is 77.9 Å². The van der Waals surface area contributed by atoms with Gasteiger partial charge in [0.05, 0.1) is 7.11 Å². The number of aryl methyl sites for hydroxylation is 1. The van der Waals surface area contributed by atoms with E-state index < -0.39 is 0 Å². The molecule has 0 saturated carbocycles. The number of hydrogen-bond acceptors (Lipinski definition) is 5. The third-order valence-electron chi connectivity index (χ3n) is 3.74. The summed E-state index contributed by atoms with van der Waals surface area (Å²) in [4.78, 5) is 15.6. The number of ether oxygens (including phenoxy) is 2. The molecule has 0 aliphatic rings. The standard InChI is InChI=1S/C21H19NO4/c1-15-21(17-6-4-3-5-7-17)22-19(26-15)14-25-18-11-8-16(9-12-18)10-13-20(23)24-2/h3-13H,14H2,1-2H3/b13-10+. The van der Waals surface area contributed by atoms with Crippen LogP contribution in [0.15, 0.2) is 65.1 Å². The van der Waals surface area contributed by atoms with Gasteiger partial charge in [-0.3, -0.25) is 0 Å². The first kappa shape index (κ1) is 17.5. The number of aromatic nitrogens is 1. The Morgan fingerprint density at radius 2 is 1.85 bits per heavy atom. The van der Waals surface area contributed by atoms with Crippen LogP contribution in [0.2, 0.25) is 0 Å². The zero-order valence-electron chi connectivity index (χ0n) is 14.6. The Labute approximate surface area is 151 Å². The summed E-state index contributed by atoms with van der Waals surface area (Å²) in [5, 5.41) is 0. The Morgan fingerprint density at radius 3 is 2.54 bits per heavy atom. The average molecular weight is 349 g/mol. The van der Waals surface area contributed by atoms with Gasteiger partial charge in [-0.05, 0) is 30.7 Å². The van der Waals surface area contributed by atoms with Crippen molar-refractivity contribution in [3.63, 3.8) is 0 Å². The molecule has 3 rings (SSSR count). The molecule has 132 valence electrons. The third kappa shape index (κ3) is 4.39. The Hall–Kier alpha value is -3.34. The van der Waals surface area contributed by atoms with Crippen molar-refractivity contribution in [3.8, 4) is 17.0 Å². The number of methoxy groups -OCH3 is 1. The molecule has 0 aliphatic carbocycles. The number of hydrogen-bond donors (Lipinski definition) is 0. The van der Waals surface area contributed by atoms with Crippen LogP contribution in [-0.4, -0.2) is 18.1 Å². The fourth-order valence-corrected chi connectivity index (χ4v) is 2.43. The van der Waals surface area contributed by atoms with Crippen molar-refractivity contribution < 1.29 is 18.7 Å². The molecule has 0 saturated heterocycles. The summed E-state index contributed by atoms with van der Waals surface area (Å²) in [6, 6.07) is 17.2. The highest BCUT2D eigenvalue weighted by atomic mass is 16.5. The van der Waals surface area contributed by atoms with Gasteiger partial charge in [-0.2, -0.15) is 0 Å². The first-order valence-electron chi connectivity index (χ1n) is 8.16. The summed E-state index contributed by atoms with van der Waals surface area (Å²) in [6.07, 6.45) is 3.05. The highest BCUT2D eigenvalue weighted by molar-refractivity contribution is 5.86. The zero-order chi connectivity index (χ0) is 18.4. The van der Waals surface area contributed by atoms with Crippen LogP contribution in [0.4, 0.5) is 0 Å². The third-order valence-corrected chi connectivity index (χ3v) is 3.74. The highest BCUT2D eigenvalue weighted by Crippen LogP contribution is 2.24. The molecule has 0 amide bonds. The van der Waals surface area contributed by atoms with E-state index in [0.717, 1.165) is 22.6 Å². The van der Waals surface area contributed by atoms with Gasteiger partial charge in [0.2, 0.25) is 5.89 Å². The van der Waals surface area contributed by atoms with Crippen LogP contribution < -0.4 is 4.74 Å². The Balaban J connectivity index is 1.63. The molecule has 5 nitrogen and oxygen atoms in total. The normalized spacial score (nSPS) is 10.8. The van der Waals surface area contributed by atoms with E-state index in [1.165, 1.54) is 13.2 Å². The number of rotatable bonds is 6. The molecule has 0 N–H and O–H groups in total. The fraction of sp³-hybridized carbons (Fsp3) is 0.143. The van der Waals surface area contributed by atoms with Gasteiger partial charge >= 0.3 is 5.97 Å². The number of nitrogens with zero attached hydrogens (tertiary/aromatic N) is 1. The molecule has 0 radical (unpaired) electrons. The molecule has 0 fully saturated rings. The second-order valence-corrected chi connectivity index (χ2v) is 5.59. The minimum atomic E-state index is -0.390. The minimum absolute atomic E-state index is 0.241. The molecule has 0 unspecified atom stereocenters. The smallest absolute Gasteiger partial charge is 0.330 e. The Morgan fingerprint density at radius 1 is 1.12 bits per heavy atom. The minimum Gasteiger partial charge on any atom is -0.484 e. The lowest BCUT2D eigenvalue weighted by Crippen LogP contribution is -1.96. The van der Waals surface area contributed by atoms with E-state index >= 15 is 0 Å². The van der Waals surface area contributed by atoms with Gasteiger partial charge in [0, 0.05) is 11.6 Å². The average Bonchev–Trinajstić information content (AvgIpc) is 3.06. The van der Waals surface area contributed by atoms with Gasteiger partial charge in [0.15, 0.2) is 6.61 Å². The van der Waals surface area contributed by atoms with Gasteiger partial charge < -0.3 is 13.9 Å². The molecular weight excluding hydrogens is 330 g/mol. The van der Waals surface area contributed by atoms with E-state index in [0.29, 0.717) is 11.6 Å². The van der Waals surface area contributed by atoms with Crippen LogP contribution in [0.3, 0.4) is 0 Å². The van der Waals surface area contributed by atoms with Crippen LogP contribution in [-0.2, 0) is 16.1 Å². The molecule has 1 aromatic heterocycles. The maximum absolute atomic E-state index is 11.1. The lowest BCUT2D eigenvalue weighted by atomic mass is 10.1. The molecule has 26 heavy (non-hydrogen) atoms. The maximum atomic E-state index is 11.1. The molecule has 5 heteroatoms. The van der Waals surface area contributed by atoms with Gasteiger partial charge in [-0.25, -0.2) is 9.78 Å². The summed E-state index contributed by atoms with van der Waals surface area (Å²) in [5.74, 6) is 1.59.